The van der Waals surface area contributed by atoms with Crippen LogP contribution in [0.2, 0.25) is 0 Å². The van der Waals surface area contributed by atoms with Crippen molar-refractivity contribution in [1.82, 2.24) is 9.91 Å². The molecule has 2 unspecified atom stereocenters. The van der Waals surface area contributed by atoms with Gasteiger partial charge in [0.2, 0.25) is 5.91 Å². The molecule has 1 aromatic rings. The van der Waals surface area contributed by atoms with Crippen molar-refractivity contribution in [2.45, 2.75) is 37.6 Å². The number of ether oxygens (including phenoxy) is 1. The van der Waals surface area contributed by atoms with Gasteiger partial charge in [0, 0.05) is 31.8 Å². The summed E-state index contributed by atoms with van der Waals surface area (Å²) >= 11 is 0. The summed E-state index contributed by atoms with van der Waals surface area (Å²) in [5.74, 6) is 0.685. The van der Waals surface area contributed by atoms with Crippen molar-refractivity contribution in [1.29, 1.82) is 0 Å². The molecule has 0 aromatic heterocycles. The van der Waals surface area contributed by atoms with Gasteiger partial charge in [0.1, 0.15) is 11.5 Å². The molecule has 2 fully saturated rings. The summed E-state index contributed by atoms with van der Waals surface area (Å²) in [6, 6.07) is 7.43. The van der Waals surface area contributed by atoms with Crippen LogP contribution in [-0.2, 0) is 19.4 Å². The zero-order valence-electron chi connectivity index (χ0n) is 16.4. The number of hydrogen-bond acceptors (Lipinski definition) is 6. The average molecular weight is 420 g/mol. The highest BCUT2D eigenvalue weighted by Crippen LogP contribution is 2.29. The fourth-order valence-corrected chi connectivity index (χ4v) is 5.95. The Hall–Kier alpha value is -2.42. The molecule has 0 saturated carbocycles. The van der Waals surface area contributed by atoms with Crippen molar-refractivity contribution in [3.05, 3.63) is 29.8 Å². The molecule has 8 nitrogen and oxygen atoms in total. The molecule has 0 spiro atoms. The van der Waals surface area contributed by atoms with Crippen LogP contribution in [-0.4, -0.2) is 73.6 Å². The Morgan fingerprint density at radius 3 is 2.59 bits per heavy atom. The Kier molecular flexibility index (Phi) is 5.33. The zero-order chi connectivity index (χ0) is 20.6. The summed E-state index contributed by atoms with van der Waals surface area (Å²) in [6.07, 6.45) is 1.74. The third kappa shape index (κ3) is 4.14. The van der Waals surface area contributed by atoms with Crippen molar-refractivity contribution >= 4 is 27.4 Å². The maximum absolute atomic E-state index is 13.0. The Morgan fingerprint density at radius 1 is 1.17 bits per heavy atom. The van der Waals surface area contributed by atoms with Crippen LogP contribution in [0.1, 0.15) is 37.2 Å². The van der Waals surface area contributed by atoms with Gasteiger partial charge in [0.25, 0.3) is 5.91 Å². The summed E-state index contributed by atoms with van der Waals surface area (Å²) < 4.78 is 28.7. The SMILES string of the molecule is COc1ccc(C2CCN(C(=O)C3=NN(C4CCS(=O)(=O)C4)C(=O)CC3)C2)cc1. The van der Waals surface area contributed by atoms with E-state index < -0.39 is 15.9 Å². The molecule has 3 heterocycles. The van der Waals surface area contributed by atoms with Crippen LogP contribution in [0.4, 0.5) is 0 Å². The van der Waals surface area contributed by atoms with Crippen LogP contribution in [0, 0.1) is 0 Å². The van der Waals surface area contributed by atoms with E-state index in [2.05, 4.69) is 5.10 Å². The number of carbonyl (C=O) groups is 2. The van der Waals surface area contributed by atoms with E-state index in [0.29, 0.717) is 31.6 Å². The highest BCUT2D eigenvalue weighted by molar-refractivity contribution is 7.91. The monoisotopic (exact) mass is 419 g/mol. The quantitative estimate of drug-likeness (QED) is 0.730. The predicted molar refractivity (Wildman–Crippen MR) is 108 cm³/mol. The van der Waals surface area contributed by atoms with Crippen molar-refractivity contribution in [2.75, 3.05) is 31.7 Å². The lowest BCUT2D eigenvalue weighted by Crippen LogP contribution is -2.44. The maximum Gasteiger partial charge on any atom is 0.270 e. The molecule has 2 atom stereocenters. The number of benzene rings is 1. The lowest BCUT2D eigenvalue weighted by atomic mass is 9.98. The average Bonchev–Trinajstić information content (AvgIpc) is 3.34. The Bertz CT molecular complexity index is 941. The van der Waals surface area contributed by atoms with Crippen molar-refractivity contribution in [3.63, 3.8) is 0 Å². The van der Waals surface area contributed by atoms with Crippen LogP contribution in [0.15, 0.2) is 29.4 Å². The molecule has 9 heteroatoms. The molecule has 3 aliphatic heterocycles. The third-order valence-corrected chi connectivity index (χ3v) is 7.67. The highest BCUT2D eigenvalue weighted by Gasteiger charge is 2.38. The number of amides is 2. The van der Waals surface area contributed by atoms with E-state index in [0.717, 1.165) is 12.2 Å². The van der Waals surface area contributed by atoms with E-state index in [1.165, 1.54) is 10.6 Å². The van der Waals surface area contributed by atoms with Gasteiger partial charge in [-0.05, 0) is 30.5 Å². The minimum absolute atomic E-state index is 0.0654. The summed E-state index contributed by atoms with van der Waals surface area (Å²) in [5.41, 5.74) is 1.52. The van der Waals surface area contributed by atoms with Gasteiger partial charge in [-0.3, -0.25) is 9.59 Å². The molecule has 0 radical (unpaired) electrons. The molecule has 1 aromatic carbocycles. The normalized spacial score (nSPS) is 26.5. The molecule has 4 rings (SSSR count). The van der Waals surface area contributed by atoms with Crippen LogP contribution in [0.25, 0.3) is 0 Å². The molecular formula is C20H25N3O5S. The van der Waals surface area contributed by atoms with Crippen LogP contribution >= 0.6 is 0 Å². The van der Waals surface area contributed by atoms with E-state index in [9.17, 15) is 18.0 Å². The maximum atomic E-state index is 13.0. The second-order valence-electron chi connectivity index (χ2n) is 7.85. The summed E-state index contributed by atoms with van der Waals surface area (Å²) in [4.78, 5) is 27.0. The third-order valence-electron chi connectivity index (χ3n) is 5.92. The number of sulfone groups is 1. The topological polar surface area (TPSA) is 96.3 Å². The molecule has 2 amide bonds. The van der Waals surface area contributed by atoms with Crippen molar-refractivity contribution in [3.8, 4) is 5.75 Å². The number of rotatable bonds is 4. The fraction of sp³-hybridized carbons (Fsp3) is 0.550. The first-order valence-corrected chi connectivity index (χ1v) is 11.7. The summed E-state index contributed by atoms with van der Waals surface area (Å²) in [6.45, 7) is 1.25. The van der Waals surface area contributed by atoms with Gasteiger partial charge in [0.05, 0.1) is 24.7 Å². The molecular weight excluding hydrogens is 394 g/mol. The number of nitrogens with zero attached hydrogens (tertiary/aromatic N) is 3. The van der Waals surface area contributed by atoms with Gasteiger partial charge in [0.15, 0.2) is 9.84 Å². The Labute approximate surface area is 170 Å². The number of carbonyl (C=O) groups excluding carboxylic acids is 2. The lowest BCUT2D eigenvalue weighted by Gasteiger charge is -2.28. The second kappa shape index (κ2) is 7.78. The minimum Gasteiger partial charge on any atom is -0.497 e. The standard InChI is InChI=1S/C20H25N3O5S/c1-28-17-4-2-14(3-5-17)15-8-10-22(12-15)20(25)18-6-7-19(24)23(21-18)16-9-11-29(26,27)13-16/h2-5,15-16H,6-13H2,1H3. The van der Waals surface area contributed by atoms with Gasteiger partial charge in [-0.25, -0.2) is 13.4 Å². The van der Waals surface area contributed by atoms with Gasteiger partial charge >= 0.3 is 0 Å². The van der Waals surface area contributed by atoms with Crippen molar-refractivity contribution < 1.29 is 22.7 Å². The first-order valence-electron chi connectivity index (χ1n) is 9.89. The second-order valence-corrected chi connectivity index (χ2v) is 10.1. The van der Waals surface area contributed by atoms with E-state index in [4.69, 9.17) is 4.74 Å². The first-order chi connectivity index (χ1) is 13.9. The van der Waals surface area contributed by atoms with Gasteiger partial charge in [-0.1, -0.05) is 12.1 Å². The fourth-order valence-electron chi connectivity index (χ4n) is 4.25. The molecule has 29 heavy (non-hydrogen) atoms. The van der Waals surface area contributed by atoms with Crippen LogP contribution in [0.5, 0.6) is 5.75 Å². The van der Waals surface area contributed by atoms with Gasteiger partial charge < -0.3 is 9.64 Å². The summed E-state index contributed by atoms with van der Waals surface area (Å²) in [5, 5.41) is 5.55. The molecule has 0 bridgehead atoms. The molecule has 156 valence electrons. The van der Waals surface area contributed by atoms with E-state index in [1.807, 2.05) is 24.3 Å². The predicted octanol–water partition coefficient (Wildman–Crippen LogP) is 1.18. The van der Waals surface area contributed by atoms with E-state index in [-0.39, 0.29) is 35.7 Å². The zero-order valence-corrected chi connectivity index (χ0v) is 17.2. The van der Waals surface area contributed by atoms with E-state index in [1.54, 1.807) is 12.0 Å². The number of hydrazone groups is 1. The van der Waals surface area contributed by atoms with Crippen LogP contribution < -0.4 is 4.74 Å². The molecule has 3 aliphatic rings. The number of likely N-dealkylation sites (tertiary alicyclic amines) is 1. The largest absolute Gasteiger partial charge is 0.497 e. The molecule has 0 N–H and O–H groups in total. The lowest BCUT2D eigenvalue weighted by molar-refractivity contribution is -0.134. The number of methoxy groups -OCH3 is 1. The van der Waals surface area contributed by atoms with E-state index >= 15 is 0 Å². The van der Waals surface area contributed by atoms with Gasteiger partial charge in [-0.2, -0.15) is 5.10 Å². The highest BCUT2D eigenvalue weighted by atomic mass is 32.2. The molecule has 2 saturated heterocycles. The smallest absolute Gasteiger partial charge is 0.270 e. The Balaban J connectivity index is 1.44. The Morgan fingerprint density at radius 2 is 1.93 bits per heavy atom. The number of hydrogen-bond donors (Lipinski definition) is 0. The molecule has 0 aliphatic carbocycles. The van der Waals surface area contributed by atoms with Crippen LogP contribution in [0.3, 0.4) is 0 Å². The van der Waals surface area contributed by atoms with Crippen molar-refractivity contribution in [2.24, 2.45) is 5.10 Å². The first kappa shape index (κ1) is 19.9. The van der Waals surface area contributed by atoms with Gasteiger partial charge in [-0.15, -0.1) is 0 Å². The minimum atomic E-state index is -3.13. The summed E-state index contributed by atoms with van der Waals surface area (Å²) in [7, 11) is -1.50.